The van der Waals surface area contributed by atoms with Gasteiger partial charge in [-0.05, 0) is 41.7 Å². The van der Waals surface area contributed by atoms with Gasteiger partial charge in [0.25, 0.3) is 0 Å². The van der Waals surface area contributed by atoms with E-state index in [0.717, 1.165) is 24.0 Å². The van der Waals surface area contributed by atoms with Crippen LogP contribution >= 0.6 is 0 Å². The lowest BCUT2D eigenvalue weighted by atomic mass is 9.96. The van der Waals surface area contributed by atoms with Gasteiger partial charge in [-0.1, -0.05) is 66.7 Å². The number of carbonyl (C=O) groups is 1. The highest BCUT2D eigenvalue weighted by Gasteiger charge is 2.24. The fourth-order valence-corrected chi connectivity index (χ4v) is 3.69. The molecule has 0 heterocycles. The topological polar surface area (TPSA) is 59.6 Å². The molecule has 0 bridgehead atoms. The summed E-state index contributed by atoms with van der Waals surface area (Å²) in [7, 11) is 4.92. The van der Waals surface area contributed by atoms with E-state index in [1.54, 1.807) is 21.3 Å². The molecule has 0 aliphatic carbocycles. The number of aryl methyl sites for hydroxylation is 1. The van der Waals surface area contributed by atoms with E-state index >= 15 is 0 Å². The Morgan fingerprint density at radius 3 is 2.10 bits per heavy atom. The molecule has 2 atom stereocenters. The Labute approximate surface area is 184 Å². The summed E-state index contributed by atoms with van der Waals surface area (Å²) in [5, 5.41) is 6.38. The molecule has 0 radical (unpaired) electrons. The maximum absolute atomic E-state index is 12.8. The molecule has 3 aromatic carbocycles. The first-order valence-electron chi connectivity index (χ1n) is 10.4. The van der Waals surface area contributed by atoms with Crippen LogP contribution in [0.25, 0.3) is 0 Å². The predicted octanol–water partition coefficient (Wildman–Crippen LogP) is 4.45. The number of ether oxygens (including phenoxy) is 2. The van der Waals surface area contributed by atoms with Gasteiger partial charge in [-0.2, -0.15) is 0 Å². The molecule has 3 rings (SSSR count). The molecule has 5 heteroatoms. The van der Waals surface area contributed by atoms with Gasteiger partial charge in [0.2, 0.25) is 5.91 Å². The van der Waals surface area contributed by atoms with Gasteiger partial charge in [0, 0.05) is 13.1 Å². The van der Waals surface area contributed by atoms with Crippen LogP contribution in [0.2, 0.25) is 0 Å². The first kappa shape index (κ1) is 22.4. The van der Waals surface area contributed by atoms with E-state index in [1.165, 1.54) is 5.56 Å². The molecule has 0 aliphatic heterocycles. The molecule has 5 nitrogen and oxygen atoms in total. The maximum Gasteiger partial charge on any atom is 0.241 e. The number of rotatable bonds is 10. The molecule has 0 saturated carbocycles. The van der Waals surface area contributed by atoms with Crippen molar-refractivity contribution in [3.8, 4) is 11.5 Å². The Morgan fingerprint density at radius 2 is 1.48 bits per heavy atom. The number of amides is 1. The summed E-state index contributed by atoms with van der Waals surface area (Å²) in [5.41, 5.74) is 3.22. The van der Waals surface area contributed by atoms with Crippen LogP contribution in [0.1, 0.15) is 35.2 Å². The summed E-state index contributed by atoms with van der Waals surface area (Å²) in [6, 6.07) is 25.5. The zero-order chi connectivity index (χ0) is 22.1. The average Bonchev–Trinajstić information content (AvgIpc) is 2.84. The first-order chi connectivity index (χ1) is 15.2. The van der Waals surface area contributed by atoms with Gasteiger partial charge in [0.05, 0.1) is 14.2 Å². The summed E-state index contributed by atoms with van der Waals surface area (Å²) in [4.78, 5) is 12.8. The van der Waals surface area contributed by atoms with Crippen molar-refractivity contribution in [3.05, 3.63) is 95.6 Å². The van der Waals surface area contributed by atoms with Crippen molar-refractivity contribution in [1.82, 2.24) is 10.6 Å². The quantitative estimate of drug-likeness (QED) is 0.511. The largest absolute Gasteiger partial charge is 0.493 e. The van der Waals surface area contributed by atoms with Gasteiger partial charge in [-0.15, -0.1) is 0 Å². The van der Waals surface area contributed by atoms with Crippen molar-refractivity contribution in [2.75, 3.05) is 21.3 Å². The molecule has 0 spiro atoms. The van der Waals surface area contributed by atoms with Crippen LogP contribution in [-0.4, -0.2) is 27.2 Å². The van der Waals surface area contributed by atoms with Crippen LogP contribution in [0.15, 0.2) is 78.9 Å². The zero-order valence-corrected chi connectivity index (χ0v) is 18.3. The monoisotopic (exact) mass is 418 g/mol. The number of benzene rings is 3. The molecule has 0 saturated heterocycles. The van der Waals surface area contributed by atoms with Crippen molar-refractivity contribution < 1.29 is 14.3 Å². The lowest BCUT2D eigenvalue weighted by Crippen LogP contribution is -2.38. The third-order valence-electron chi connectivity index (χ3n) is 5.38. The van der Waals surface area contributed by atoms with Crippen molar-refractivity contribution in [1.29, 1.82) is 0 Å². The Balaban J connectivity index is 1.93. The molecule has 0 fully saturated rings. The van der Waals surface area contributed by atoms with Gasteiger partial charge < -0.3 is 14.8 Å². The Bertz CT molecular complexity index is 961. The van der Waals surface area contributed by atoms with Crippen LogP contribution < -0.4 is 20.1 Å². The smallest absolute Gasteiger partial charge is 0.241 e. The third kappa shape index (κ3) is 5.86. The second-order valence-electron chi connectivity index (χ2n) is 7.32. The van der Waals surface area contributed by atoms with Gasteiger partial charge in [-0.3, -0.25) is 10.1 Å². The second kappa shape index (κ2) is 11.2. The van der Waals surface area contributed by atoms with Crippen molar-refractivity contribution in [2.45, 2.75) is 24.9 Å². The number of nitrogens with one attached hydrogen (secondary N) is 2. The van der Waals surface area contributed by atoms with Crippen LogP contribution in [0.5, 0.6) is 11.5 Å². The minimum Gasteiger partial charge on any atom is -0.493 e. The fourth-order valence-electron chi connectivity index (χ4n) is 3.69. The number of methoxy groups -OCH3 is 2. The molecule has 2 N–H and O–H groups in total. The van der Waals surface area contributed by atoms with E-state index in [0.29, 0.717) is 11.5 Å². The number of likely N-dealkylation sites (N-methyl/N-ethyl adjacent to an activating group) is 1. The Kier molecular flexibility index (Phi) is 8.07. The van der Waals surface area contributed by atoms with Crippen LogP contribution in [0.3, 0.4) is 0 Å². The minimum atomic E-state index is -0.472. The first-order valence-corrected chi connectivity index (χ1v) is 10.4. The van der Waals surface area contributed by atoms with E-state index in [4.69, 9.17) is 9.47 Å². The fraction of sp³-hybridized carbons (Fsp3) is 0.269. The highest BCUT2D eigenvalue weighted by Crippen LogP contribution is 2.32. The summed E-state index contributed by atoms with van der Waals surface area (Å²) in [6.45, 7) is 0. The van der Waals surface area contributed by atoms with E-state index in [1.807, 2.05) is 66.7 Å². The Morgan fingerprint density at radius 1 is 0.839 bits per heavy atom. The van der Waals surface area contributed by atoms with Crippen molar-refractivity contribution in [2.24, 2.45) is 0 Å². The molecule has 0 aromatic heterocycles. The number of hydrogen-bond donors (Lipinski definition) is 2. The molecule has 3 aromatic rings. The molecule has 0 aliphatic rings. The van der Waals surface area contributed by atoms with E-state index in [2.05, 4.69) is 22.8 Å². The van der Waals surface area contributed by atoms with Gasteiger partial charge in [-0.25, -0.2) is 0 Å². The summed E-state index contributed by atoms with van der Waals surface area (Å²) >= 11 is 0. The summed E-state index contributed by atoms with van der Waals surface area (Å²) < 4.78 is 10.9. The number of carbonyl (C=O) groups excluding carboxylic acids is 1. The molecular formula is C26H30N2O3. The molecular weight excluding hydrogens is 388 g/mol. The van der Waals surface area contributed by atoms with Crippen molar-refractivity contribution >= 4 is 5.91 Å². The van der Waals surface area contributed by atoms with Crippen LogP contribution in [-0.2, 0) is 11.2 Å². The third-order valence-corrected chi connectivity index (χ3v) is 5.38. The predicted molar refractivity (Wildman–Crippen MR) is 123 cm³/mol. The zero-order valence-electron chi connectivity index (χ0n) is 18.3. The van der Waals surface area contributed by atoms with E-state index in [9.17, 15) is 4.79 Å². The van der Waals surface area contributed by atoms with Gasteiger partial charge in [0.15, 0.2) is 11.5 Å². The molecule has 31 heavy (non-hydrogen) atoms. The maximum atomic E-state index is 12.8. The lowest BCUT2D eigenvalue weighted by molar-refractivity contribution is -0.123. The lowest BCUT2D eigenvalue weighted by Gasteiger charge is -2.26. The summed E-state index contributed by atoms with van der Waals surface area (Å²) in [6.07, 6.45) is 1.70. The van der Waals surface area contributed by atoms with Crippen LogP contribution in [0.4, 0.5) is 0 Å². The number of hydrogen-bond acceptors (Lipinski definition) is 4. The second-order valence-corrected chi connectivity index (χ2v) is 7.32. The standard InChI is InChI=1S/C26H30N2O3/c1-27-26(29)25(20-12-8-5-9-13-20)28-22(16-14-19-10-6-4-7-11-19)21-15-17-23(30-2)24(18-21)31-3/h4-13,15,17-18,22,25,28H,14,16H2,1-3H3,(H,27,29). The highest BCUT2D eigenvalue weighted by atomic mass is 16.5. The summed E-state index contributed by atoms with van der Waals surface area (Å²) in [5.74, 6) is 1.28. The minimum absolute atomic E-state index is 0.0671. The van der Waals surface area contributed by atoms with Gasteiger partial charge >= 0.3 is 0 Å². The normalized spacial score (nSPS) is 12.6. The van der Waals surface area contributed by atoms with Crippen LogP contribution in [0, 0.1) is 0 Å². The van der Waals surface area contributed by atoms with E-state index in [-0.39, 0.29) is 11.9 Å². The Hall–Kier alpha value is -3.31. The van der Waals surface area contributed by atoms with Crippen molar-refractivity contribution in [3.63, 3.8) is 0 Å². The highest BCUT2D eigenvalue weighted by molar-refractivity contribution is 5.83. The van der Waals surface area contributed by atoms with E-state index < -0.39 is 6.04 Å². The average molecular weight is 419 g/mol. The molecule has 2 unspecified atom stereocenters. The molecule has 1 amide bonds. The van der Waals surface area contributed by atoms with Gasteiger partial charge in [0.1, 0.15) is 6.04 Å². The SMILES string of the molecule is CNC(=O)C(NC(CCc1ccccc1)c1ccc(OC)c(OC)c1)c1ccccc1. The molecule has 162 valence electrons.